The molecule has 1 aliphatic carbocycles. The van der Waals surface area contributed by atoms with Gasteiger partial charge in [-0.05, 0) is 62.0 Å². The van der Waals surface area contributed by atoms with Crippen LogP contribution in [0.15, 0.2) is 4.47 Å². The molecule has 1 saturated carbocycles. The molecule has 3 rings (SSSR count). The number of amides is 1. The van der Waals surface area contributed by atoms with E-state index in [9.17, 15) is 23.2 Å². The zero-order valence-electron chi connectivity index (χ0n) is 18.5. The number of ether oxygens (including phenoxy) is 2. The Hall–Kier alpha value is -2.34. The van der Waals surface area contributed by atoms with Crippen LogP contribution in [-0.2, 0) is 20.8 Å². The van der Waals surface area contributed by atoms with Crippen molar-refractivity contribution in [3.63, 3.8) is 0 Å². The Balaban J connectivity index is 1.90. The maximum absolute atomic E-state index is 13.3. The van der Waals surface area contributed by atoms with E-state index in [-0.39, 0.29) is 39.0 Å². The summed E-state index contributed by atoms with van der Waals surface area (Å²) in [6.07, 6.45) is -1.55. The Kier molecular flexibility index (Phi) is 7.88. The Morgan fingerprint density at radius 3 is 2.48 bits per heavy atom. The van der Waals surface area contributed by atoms with Crippen LogP contribution in [0.1, 0.15) is 82.9 Å². The van der Waals surface area contributed by atoms with Crippen molar-refractivity contribution in [2.75, 3.05) is 11.9 Å². The van der Waals surface area contributed by atoms with Gasteiger partial charge in [0.15, 0.2) is 0 Å². The van der Waals surface area contributed by atoms with Crippen LogP contribution in [0.2, 0.25) is 0 Å². The van der Waals surface area contributed by atoms with Gasteiger partial charge >= 0.3 is 11.9 Å². The van der Waals surface area contributed by atoms with Crippen molar-refractivity contribution in [3.05, 3.63) is 31.9 Å². The molecule has 1 N–H and O–H groups in total. The maximum atomic E-state index is 13.3. The van der Waals surface area contributed by atoms with Crippen LogP contribution >= 0.6 is 27.3 Å². The molecule has 0 saturated heterocycles. The van der Waals surface area contributed by atoms with Crippen LogP contribution in [0.4, 0.5) is 13.8 Å². The first kappa shape index (κ1) is 25.3. The topological polar surface area (TPSA) is 99.5 Å². The Morgan fingerprint density at radius 2 is 1.94 bits per heavy atom. The minimum atomic E-state index is -2.79. The molecule has 0 radical (unpaired) electrons. The van der Waals surface area contributed by atoms with Gasteiger partial charge in [0.25, 0.3) is 6.43 Å². The zero-order chi connectivity index (χ0) is 24.4. The Labute approximate surface area is 201 Å². The first-order chi connectivity index (χ1) is 15.5. The van der Waals surface area contributed by atoms with E-state index in [2.05, 4.69) is 26.3 Å². The molecule has 0 spiro atoms. The lowest BCUT2D eigenvalue weighted by atomic mass is 10.1. The van der Waals surface area contributed by atoms with Crippen molar-refractivity contribution in [1.82, 2.24) is 9.78 Å². The van der Waals surface area contributed by atoms with E-state index in [0.717, 1.165) is 24.2 Å². The van der Waals surface area contributed by atoms with Gasteiger partial charge in [-0.15, -0.1) is 11.3 Å². The highest BCUT2D eigenvalue weighted by Gasteiger charge is 2.34. The number of carbonyl (C=O) groups is 3. The predicted octanol–water partition coefficient (Wildman–Crippen LogP) is 5.21. The number of nitrogens with one attached hydrogen (secondary N) is 1. The van der Waals surface area contributed by atoms with E-state index in [1.807, 2.05) is 0 Å². The summed E-state index contributed by atoms with van der Waals surface area (Å²) in [7, 11) is 0. The SMILES string of the molecule is CCOC(=O)c1sc(NC(=O)Cn2nc(C(F)F)c(Br)c2C2CC2)c(C(=O)OC(C)C)c1C. The van der Waals surface area contributed by atoms with Crippen LogP contribution in [-0.4, -0.2) is 40.3 Å². The fraction of sp³-hybridized carbons (Fsp3) is 0.524. The number of nitrogens with zero attached hydrogens (tertiary/aromatic N) is 2. The summed E-state index contributed by atoms with van der Waals surface area (Å²) in [4.78, 5) is 38.0. The molecule has 1 aliphatic rings. The lowest BCUT2D eigenvalue weighted by molar-refractivity contribution is -0.116. The number of anilines is 1. The van der Waals surface area contributed by atoms with E-state index >= 15 is 0 Å². The van der Waals surface area contributed by atoms with E-state index in [1.54, 1.807) is 27.7 Å². The lowest BCUT2D eigenvalue weighted by Gasteiger charge is -2.11. The second-order valence-electron chi connectivity index (χ2n) is 7.80. The van der Waals surface area contributed by atoms with Gasteiger partial charge in [-0.2, -0.15) is 5.10 Å². The van der Waals surface area contributed by atoms with Gasteiger partial charge in [-0.1, -0.05) is 0 Å². The van der Waals surface area contributed by atoms with Crippen molar-refractivity contribution >= 4 is 50.1 Å². The van der Waals surface area contributed by atoms with Gasteiger partial charge in [-0.25, -0.2) is 18.4 Å². The van der Waals surface area contributed by atoms with Crippen molar-refractivity contribution in [2.45, 2.75) is 65.5 Å². The quantitative estimate of drug-likeness (QED) is 0.432. The fourth-order valence-corrected chi connectivity index (χ4v) is 5.18. The number of carbonyl (C=O) groups excluding carboxylic acids is 3. The van der Waals surface area contributed by atoms with Gasteiger partial charge in [0, 0.05) is 5.92 Å². The average molecular weight is 548 g/mol. The molecular weight excluding hydrogens is 524 g/mol. The van der Waals surface area contributed by atoms with Gasteiger partial charge in [-0.3, -0.25) is 9.48 Å². The third-order valence-electron chi connectivity index (χ3n) is 4.83. The summed E-state index contributed by atoms with van der Waals surface area (Å²) >= 11 is 4.09. The second-order valence-corrected chi connectivity index (χ2v) is 9.61. The Morgan fingerprint density at radius 1 is 1.27 bits per heavy atom. The van der Waals surface area contributed by atoms with Crippen LogP contribution in [0.5, 0.6) is 0 Å². The van der Waals surface area contributed by atoms with Crippen LogP contribution in [0.3, 0.4) is 0 Å². The van der Waals surface area contributed by atoms with E-state index in [0.29, 0.717) is 11.3 Å². The molecule has 1 amide bonds. The summed E-state index contributed by atoms with van der Waals surface area (Å²) in [5, 5.41) is 6.67. The summed E-state index contributed by atoms with van der Waals surface area (Å²) in [5.41, 5.74) is 0.527. The number of rotatable bonds is 9. The van der Waals surface area contributed by atoms with Gasteiger partial charge in [0.05, 0.1) is 28.4 Å². The molecule has 1 fully saturated rings. The summed E-state index contributed by atoms with van der Waals surface area (Å²) in [5.74, 6) is -1.83. The van der Waals surface area contributed by atoms with Gasteiger partial charge in [0.2, 0.25) is 5.91 Å². The number of esters is 2. The average Bonchev–Trinajstić information content (AvgIpc) is 3.41. The van der Waals surface area contributed by atoms with Crippen molar-refractivity contribution in [3.8, 4) is 0 Å². The minimum absolute atomic E-state index is 0.0578. The highest BCUT2D eigenvalue weighted by Crippen LogP contribution is 2.45. The number of hydrogen-bond donors (Lipinski definition) is 1. The second kappa shape index (κ2) is 10.3. The highest BCUT2D eigenvalue weighted by molar-refractivity contribution is 9.10. The smallest absolute Gasteiger partial charge is 0.348 e. The van der Waals surface area contributed by atoms with Crippen molar-refractivity contribution in [1.29, 1.82) is 0 Å². The molecule has 8 nitrogen and oxygen atoms in total. The zero-order valence-corrected chi connectivity index (χ0v) is 20.9. The monoisotopic (exact) mass is 547 g/mol. The molecule has 12 heteroatoms. The van der Waals surface area contributed by atoms with Crippen LogP contribution in [0.25, 0.3) is 0 Å². The molecule has 33 heavy (non-hydrogen) atoms. The number of alkyl halides is 2. The molecule has 0 bridgehead atoms. The highest BCUT2D eigenvalue weighted by atomic mass is 79.9. The molecule has 0 aromatic carbocycles. The normalized spacial score (nSPS) is 13.5. The standard InChI is InChI=1S/C21H24BrF2N3O5S/c1-5-31-21(30)17-10(4)13(20(29)32-9(2)3)19(33-17)25-12(28)8-27-16(11-6-7-11)14(22)15(26-27)18(23)24/h9,11,18H,5-8H2,1-4H3,(H,25,28). The molecular formula is C21H24BrF2N3O5S. The molecule has 2 aromatic heterocycles. The van der Waals surface area contributed by atoms with Gasteiger partial charge in [0.1, 0.15) is 22.1 Å². The first-order valence-corrected chi connectivity index (χ1v) is 12.0. The number of hydrogen-bond acceptors (Lipinski definition) is 7. The number of aromatic nitrogens is 2. The molecule has 2 aromatic rings. The fourth-order valence-electron chi connectivity index (χ4n) is 3.29. The Bertz CT molecular complexity index is 1080. The summed E-state index contributed by atoms with van der Waals surface area (Å²) < 4.78 is 38.4. The molecule has 180 valence electrons. The third kappa shape index (κ3) is 5.60. The van der Waals surface area contributed by atoms with Crippen LogP contribution in [0, 0.1) is 6.92 Å². The predicted molar refractivity (Wildman–Crippen MR) is 121 cm³/mol. The van der Waals surface area contributed by atoms with Gasteiger partial charge < -0.3 is 14.8 Å². The lowest BCUT2D eigenvalue weighted by Crippen LogP contribution is -2.22. The number of halogens is 3. The first-order valence-electron chi connectivity index (χ1n) is 10.4. The molecule has 0 aliphatic heterocycles. The summed E-state index contributed by atoms with van der Waals surface area (Å²) in [6.45, 7) is 6.40. The molecule has 0 atom stereocenters. The third-order valence-corrected chi connectivity index (χ3v) is 6.83. The van der Waals surface area contributed by atoms with E-state index in [4.69, 9.17) is 9.47 Å². The minimum Gasteiger partial charge on any atom is -0.462 e. The van der Waals surface area contributed by atoms with Crippen molar-refractivity contribution < 1.29 is 32.6 Å². The maximum Gasteiger partial charge on any atom is 0.348 e. The summed E-state index contributed by atoms with van der Waals surface area (Å²) in [6, 6.07) is 0. The largest absolute Gasteiger partial charge is 0.462 e. The van der Waals surface area contributed by atoms with E-state index in [1.165, 1.54) is 4.68 Å². The molecule has 0 unspecified atom stereocenters. The van der Waals surface area contributed by atoms with E-state index < -0.39 is 36.1 Å². The van der Waals surface area contributed by atoms with Crippen LogP contribution < -0.4 is 5.32 Å². The van der Waals surface area contributed by atoms with Crippen molar-refractivity contribution in [2.24, 2.45) is 0 Å². The molecule has 2 heterocycles. The number of thiophene rings is 1.